The van der Waals surface area contributed by atoms with Crippen LogP contribution in [-0.4, -0.2) is 37.3 Å². The van der Waals surface area contributed by atoms with Crippen LogP contribution in [0.1, 0.15) is 23.3 Å². The summed E-state index contributed by atoms with van der Waals surface area (Å²) >= 11 is 1.95. The quantitative estimate of drug-likeness (QED) is 0.844. The van der Waals surface area contributed by atoms with Gasteiger partial charge in [-0.1, -0.05) is 29.8 Å². The van der Waals surface area contributed by atoms with Gasteiger partial charge in [-0.3, -0.25) is 0 Å². The van der Waals surface area contributed by atoms with Crippen LogP contribution in [0.25, 0.3) is 0 Å². The first-order valence-corrected chi connectivity index (χ1v) is 7.14. The summed E-state index contributed by atoms with van der Waals surface area (Å²) in [6.45, 7) is 5.30. The van der Waals surface area contributed by atoms with E-state index >= 15 is 0 Å². The largest absolute Gasteiger partial charge is 0.327 e. The molecule has 1 aromatic carbocycles. The van der Waals surface area contributed by atoms with E-state index in [0.717, 1.165) is 12.3 Å². The van der Waals surface area contributed by atoms with Gasteiger partial charge in [-0.25, -0.2) is 0 Å². The van der Waals surface area contributed by atoms with Crippen molar-refractivity contribution in [2.45, 2.75) is 25.1 Å². The Morgan fingerprint density at radius 3 is 2.29 bits per heavy atom. The normalized spacial score (nSPS) is 14.9. The number of hydrogen-bond acceptors (Lipinski definition) is 3. The van der Waals surface area contributed by atoms with Crippen LogP contribution < -0.4 is 5.73 Å². The van der Waals surface area contributed by atoms with E-state index in [1.54, 1.807) is 0 Å². The van der Waals surface area contributed by atoms with Gasteiger partial charge in [0, 0.05) is 23.6 Å². The predicted molar refractivity (Wildman–Crippen MR) is 78.6 cm³/mol. The minimum Gasteiger partial charge on any atom is -0.327 e. The van der Waals surface area contributed by atoms with Crippen LogP contribution in [0.4, 0.5) is 0 Å². The van der Waals surface area contributed by atoms with Crippen LogP contribution in [-0.2, 0) is 0 Å². The van der Waals surface area contributed by atoms with Gasteiger partial charge in [0.2, 0.25) is 0 Å². The fourth-order valence-corrected chi connectivity index (χ4v) is 3.05. The highest BCUT2D eigenvalue weighted by atomic mass is 32.2. The Hall–Kier alpha value is -0.510. The van der Waals surface area contributed by atoms with Crippen molar-refractivity contribution in [2.24, 2.45) is 5.73 Å². The summed E-state index contributed by atoms with van der Waals surface area (Å²) in [7, 11) is 4.21. The first-order valence-electron chi connectivity index (χ1n) is 6.09. The summed E-state index contributed by atoms with van der Waals surface area (Å²) in [4.78, 5) is 2.21. The Morgan fingerprint density at radius 1 is 1.24 bits per heavy atom. The van der Waals surface area contributed by atoms with Gasteiger partial charge in [-0.15, -0.1) is 0 Å². The highest BCUT2D eigenvalue weighted by Gasteiger charge is 2.16. The van der Waals surface area contributed by atoms with Crippen LogP contribution in [0.2, 0.25) is 0 Å². The molecule has 0 aliphatic rings. The van der Waals surface area contributed by atoms with Crippen LogP contribution in [0.15, 0.2) is 24.3 Å². The van der Waals surface area contributed by atoms with Crippen LogP contribution >= 0.6 is 11.8 Å². The van der Waals surface area contributed by atoms with E-state index in [2.05, 4.69) is 57.1 Å². The van der Waals surface area contributed by atoms with E-state index in [0.29, 0.717) is 5.25 Å². The molecule has 1 aromatic rings. The van der Waals surface area contributed by atoms with Crippen molar-refractivity contribution < 1.29 is 0 Å². The standard InChI is InChI=1S/C14H24N2S/c1-11-5-7-13(8-6-11)14(12(2)15)17-10-9-16(3)4/h5-8,12,14H,9-10,15H2,1-4H3. The van der Waals surface area contributed by atoms with Crippen molar-refractivity contribution in [3.63, 3.8) is 0 Å². The molecular formula is C14H24N2S. The third-order valence-corrected chi connectivity index (χ3v) is 4.20. The second kappa shape index (κ2) is 7.04. The molecule has 2 unspecified atom stereocenters. The molecule has 1 rings (SSSR count). The molecule has 96 valence electrons. The maximum atomic E-state index is 6.09. The lowest BCUT2D eigenvalue weighted by atomic mass is 10.1. The van der Waals surface area contributed by atoms with Crippen molar-refractivity contribution in [1.29, 1.82) is 0 Å². The average Bonchev–Trinajstić information content (AvgIpc) is 2.25. The maximum Gasteiger partial charge on any atom is 0.0446 e. The smallest absolute Gasteiger partial charge is 0.0446 e. The molecule has 2 nitrogen and oxygen atoms in total. The molecule has 0 heterocycles. The van der Waals surface area contributed by atoms with Crippen molar-refractivity contribution in [1.82, 2.24) is 4.90 Å². The van der Waals surface area contributed by atoms with Crippen molar-refractivity contribution >= 4 is 11.8 Å². The lowest BCUT2D eigenvalue weighted by Crippen LogP contribution is -2.24. The molecule has 0 aliphatic carbocycles. The van der Waals surface area contributed by atoms with Gasteiger partial charge in [0.05, 0.1) is 0 Å². The van der Waals surface area contributed by atoms with Crippen molar-refractivity contribution in [3.8, 4) is 0 Å². The van der Waals surface area contributed by atoms with Gasteiger partial charge < -0.3 is 10.6 Å². The molecule has 0 aliphatic heterocycles. The van der Waals surface area contributed by atoms with E-state index < -0.39 is 0 Å². The Labute approximate surface area is 110 Å². The third-order valence-electron chi connectivity index (χ3n) is 2.72. The number of rotatable bonds is 6. The predicted octanol–water partition coefficient (Wildman–Crippen LogP) is 2.68. The van der Waals surface area contributed by atoms with E-state index in [9.17, 15) is 0 Å². The highest BCUT2D eigenvalue weighted by molar-refractivity contribution is 7.99. The van der Waals surface area contributed by atoms with Crippen LogP contribution in [0.5, 0.6) is 0 Å². The van der Waals surface area contributed by atoms with Crippen molar-refractivity contribution in [3.05, 3.63) is 35.4 Å². The number of benzene rings is 1. The van der Waals surface area contributed by atoms with Gasteiger partial charge in [0.15, 0.2) is 0 Å². The summed E-state index contributed by atoms with van der Waals surface area (Å²) in [6, 6.07) is 8.91. The molecule has 0 amide bonds. The third kappa shape index (κ3) is 5.11. The highest BCUT2D eigenvalue weighted by Crippen LogP contribution is 2.31. The molecular weight excluding hydrogens is 228 g/mol. The van der Waals surface area contributed by atoms with Gasteiger partial charge in [-0.2, -0.15) is 11.8 Å². The fourth-order valence-electron chi connectivity index (χ4n) is 1.67. The Bertz CT molecular complexity index is 319. The Balaban J connectivity index is 2.62. The molecule has 0 spiro atoms. The zero-order chi connectivity index (χ0) is 12.8. The monoisotopic (exact) mass is 252 g/mol. The molecule has 0 aromatic heterocycles. The first kappa shape index (κ1) is 14.6. The van der Waals surface area contributed by atoms with E-state index in [1.807, 2.05) is 11.8 Å². The second-order valence-corrected chi connectivity index (χ2v) is 6.11. The summed E-state index contributed by atoms with van der Waals surface area (Å²) in [5, 5.41) is 0.399. The summed E-state index contributed by atoms with van der Waals surface area (Å²) < 4.78 is 0. The zero-order valence-corrected chi connectivity index (χ0v) is 12.1. The summed E-state index contributed by atoms with van der Waals surface area (Å²) in [6.07, 6.45) is 0. The van der Waals surface area contributed by atoms with Gasteiger partial charge in [-0.05, 0) is 33.5 Å². The minimum atomic E-state index is 0.185. The van der Waals surface area contributed by atoms with Crippen LogP contribution in [0, 0.1) is 6.92 Å². The number of nitrogens with zero attached hydrogens (tertiary/aromatic N) is 1. The lowest BCUT2D eigenvalue weighted by molar-refractivity contribution is 0.437. The van der Waals surface area contributed by atoms with Gasteiger partial charge in [0.25, 0.3) is 0 Å². The number of hydrogen-bond donors (Lipinski definition) is 1. The maximum absolute atomic E-state index is 6.09. The van der Waals surface area contributed by atoms with E-state index in [1.165, 1.54) is 11.1 Å². The molecule has 0 fully saturated rings. The van der Waals surface area contributed by atoms with E-state index in [4.69, 9.17) is 5.73 Å². The molecule has 0 saturated heterocycles. The van der Waals surface area contributed by atoms with Crippen LogP contribution in [0.3, 0.4) is 0 Å². The molecule has 3 heteroatoms. The molecule has 2 atom stereocenters. The number of thioether (sulfide) groups is 1. The first-order chi connectivity index (χ1) is 8.00. The average molecular weight is 252 g/mol. The fraction of sp³-hybridized carbons (Fsp3) is 0.571. The summed E-state index contributed by atoms with van der Waals surface area (Å²) in [5.74, 6) is 1.12. The lowest BCUT2D eigenvalue weighted by Gasteiger charge is -2.22. The molecule has 0 saturated carbocycles. The number of nitrogens with two attached hydrogens (primary N) is 1. The Kier molecular flexibility index (Phi) is 6.03. The zero-order valence-electron chi connectivity index (χ0n) is 11.3. The molecule has 0 radical (unpaired) electrons. The van der Waals surface area contributed by atoms with E-state index in [-0.39, 0.29) is 6.04 Å². The molecule has 17 heavy (non-hydrogen) atoms. The summed E-state index contributed by atoms with van der Waals surface area (Å²) in [5.41, 5.74) is 8.73. The SMILES string of the molecule is Cc1ccc(C(SCCN(C)C)C(C)N)cc1. The van der Waals surface area contributed by atoms with Gasteiger partial charge in [0.1, 0.15) is 0 Å². The Morgan fingerprint density at radius 2 is 1.82 bits per heavy atom. The molecule has 0 bridgehead atoms. The van der Waals surface area contributed by atoms with Gasteiger partial charge >= 0.3 is 0 Å². The topological polar surface area (TPSA) is 29.3 Å². The molecule has 2 N–H and O–H groups in total. The van der Waals surface area contributed by atoms with Crippen molar-refractivity contribution in [2.75, 3.05) is 26.4 Å². The second-order valence-electron chi connectivity index (χ2n) is 4.86. The number of aryl methyl sites for hydroxylation is 1. The minimum absolute atomic E-state index is 0.185.